The van der Waals surface area contributed by atoms with Gasteiger partial charge in [-0.05, 0) is 31.4 Å². The fourth-order valence-electron chi connectivity index (χ4n) is 2.32. The molecule has 0 radical (unpaired) electrons. The number of nitrogens with zero attached hydrogens (tertiary/aromatic N) is 1. The normalized spacial score (nSPS) is 11.0. The van der Waals surface area contributed by atoms with Crippen molar-refractivity contribution in [2.24, 2.45) is 0 Å². The van der Waals surface area contributed by atoms with Crippen molar-refractivity contribution in [3.05, 3.63) is 34.5 Å². The first-order valence-corrected chi connectivity index (χ1v) is 8.33. The van der Waals surface area contributed by atoms with Gasteiger partial charge in [-0.2, -0.15) is 0 Å². The van der Waals surface area contributed by atoms with Crippen LogP contribution in [0.2, 0.25) is 5.02 Å². The highest BCUT2D eigenvalue weighted by atomic mass is 35.5. The summed E-state index contributed by atoms with van der Waals surface area (Å²) in [6.07, 6.45) is 3.07. The molecule has 5 heteroatoms. The van der Waals surface area contributed by atoms with Crippen LogP contribution >= 0.6 is 23.4 Å². The number of hydrogen-bond donors (Lipinski definition) is 1. The molecule has 1 aromatic heterocycles. The Balaban J connectivity index is 2.60. The summed E-state index contributed by atoms with van der Waals surface area (Å²) >= 11 is 7.59. The number of pyridine rings is 1. The molecule has 3 nitrogen and oxygen atoms in total. The predicted molar refractivity (Wildman–Crippen MR) is 88.5 cm³/mol. The maximum atomic E-state index is 10.9. The lowest BCUT2D eigenvalue weighted by Crippen LogP contribution is -2.02. The average Bonchev–Trinajstić information content (AvgIpc) is 2.44. The Bertz CT molecular complexity index is 673. The number of thioether (sulfide) groups is 1. The first kappa shape index (κ1) is 16.1. The average molecular weight is 324 g/mol. The lowest BCUT2D eigenvalue weighted by Gasteiger charge is -2.15. The number of rotatable bonds is 6. The number of carboxylic acid groups (broad SMARTS) is 1. The number of carboxylic acids is 1. The molecule has 1 heterocycles. The fraction of sp³-hybridized carbons (Fsp3) is 0.375. The second-order valence-corrected chi connectivity index (χ2v) is 6.32. The van der Waals surface area contributed by atoms with Crippen LogP contribution in [0.3, 0.4) is 0 Å². The Kier molecular flexibility index (Phi) is 5.48. The maximum absolute atomic E-state index is 10.9. The van der Waals surface area contributed by atoms with E-state index in [1.807, 2.05) is 25.1 Å². The molecule has 1 N–H and O–H groups in total. The second-order valence-electron chi connectivity index (χ2n) is 4.93. The summed E-state index contributed by atoms with van der Waals surface area (Å²) in [4.78, 5) is 16.6. The molecule has 0 saturated heterocycles. The van der Waals surface area contributed by atoms with E-state index in [0.29, 0.717) is 5.02 Å². The van der Waals surface area contributed by atoms with Gasteiger partial charge in [0.15, 0.2) is 0 Å². The lowest BCUT2D eigenvalue weighted by molar-refractivity contribution is -0.133. The molecule has 0 bridgehead atoms. The number of benzene rings is 1. The van der Waals surface area contributed by atoms with Crippen LogP contribution in [0.25, 0.3) is 10.9 Å². The number of aliphatic carboxylic acids is 1. The molecule has 21 heavy (non-hydrogen) atoms. The minimum absolute atomic E-state index is 0.0458. The summed E-state index contributed by atoms with van der Waals surface area (Å²) in [5.74, 6) is -0.768. The Morgan fingerprint density at radius 3 is 2.86 bits per heavy atom. The molecular weight excluding hydrogens is 306 g/mol. The van der Waals surface area contributed by atoms with Gasteiger partial charge in [0.25, 0.3) is 0 Å². The summed E-state index contributed by atoms with van der Waals surface area (Å²) < 4.78 is 0. The first-order valence-electron chi connectivity index (χ1n) is 6.96. The number of hydrogen-bond acceptors (Lipinski definition) is 3. The summed E-state index contributed by atoms with van der Waals surface area (Å²) in [7, 11) is 0. The van der Waals surface area contributed by atoms with Crippen LogP contribution in [-0.4, -0.2) is 21.8 Å². The smallest absolute Gasteiger partial charge is 0.313 e. The van der Waals surface area contributed by atoms with Crippen molar-refractivity contribution in [3.63, 3.8) is 0 Å². The molecule has 1 aromatic carbocycles. The third-order valence-electron chi connectivity index (χ3n) is 3.34. The summed E-state index contributed by atoms with van der Waals surface area (Å²) in [6.45, 7) is 4.11. The van der Waals surface area contributed by atoms with Gasteiger partial charge in [0.1, 0.15) is 0 Å². The minimum Gasteiger partial charge on any atom is -0.481 e. The van der Waals surface area contributed by atoms with Gasteiger partial charge < -0.3 is 5.11 Å². The highest BCUT2D eigenvalue weighted by Crippen LogP contribution is 2.35. The van der Waals surface area contributed by atoms with Crippen LogP contribution in [0.4, 0.5) is 0 Å². The molecule has 0 saturated carbocycles. The van der Waals surface area contributed by atoms with Crippen LogP contribution in [0.5, 0.6) is 0 Å². The van der Waals surface area contributed by atoms with E-state index in [0.717, 1.165) is 46.3 Å². The van der Waals surface area contributed by atoms with Crippen molar-refractivity contribution in [2.45, 2.75) is 38.0 Å². The molecule has 0 fully saturated rings. The zero-order valence-corrected chi connectivity index (χ0v) is 13.7. The van der Waals surface area contributed by atoms with Gasteiger partial charge in [-0.25, -0.2) is 0 Å². The number of halogens is 1. The molecule has 0 aliphatic rings. The van der Waals surface area contributed by atoms with E-state index in [1.54, 1.807) is 0 Å². The number of carbonyl (C=O) groups is 1. The third kappa shape index (κ3) is 3.69. The molecule has 0 aliphatic carbocycles. The van der Waals surface area contributed by atoms with Crippen molar-refractivity contribution in [3.8, 4) is 0 Å². The van der Waals surface area contributed by atoms with E-state index >= 15 is 0 Å². The Morgan fingerprint density at radius 2 is 2.19 bits per heavy atom. The van der Waals surface area contributed by atoms with Crippen LogP contribution in [0, 0.1) is 6.92 Å². The largest absolute Gasteiger partial charge is 0.481 e. The summed E-state index contributed by atoms with van der Waals surface area (Å²) in [6, 6.07) is 5.66. The van der Waals surface area contributed by atoms with E-state index in [9.17, 15) is 4.79 Å². The summed E-state index contributed by atoms with van der Waals surface area (Å²) in [5, 5.41) is 10.5. The van der Waals surface area contributed by atoms with Gasteiger partial charge >= 0.3 is 5.97 Å². The van der Waals surface area contributed by atoms with Gasteiger partial charge in [0.05, 0.1) is 16.3 Å². The number of unbranched alkanes of at least 4 members (excludes halogenated alkanes) is 1. The lowest BCUT2D eigenvalue weighted by atomic mass is 10.0. The third-order valence-corrected chi connectivity index (χ3v) is 4.79. The first-order chi connectivity index (χ1) is 10.0. The Labute approximate surface area is 133 Å². The van der Waals surface area contributed by atoms with Gasteiger partial charge in [0, 0.05) is 16.0 Å². The van der Waals surface area contributed by atoms with Crippen LogP contribution < -0.4 is 0 Å². The zero-order chi connectivity index (χ0) is 15.4. The van der Waals surface area contributed by atoms with E-state index < -0.39 is 5.97 Å². The van der Waals surface area contributed by atoms with E-state index in [2.05, 4.69) is 11.9 Å². The minimum atomic E-state index is -0.814. The maximum Gasteiger partial charge on any atom is 0.313 e. The van der Waals surface area contributed by atoms with E-state index in [-0.39, 0.29) is 5.75 Å². The van der Waals surface area contributed by atoms with Crippen molar-refractivity contribution >= 4 is 40.2 Å². The van der Waals surface area contributed by atoms with Crippen LogP contribution in [0.15, 0.2) is 23.1 Å². The van der Waals surface area contributed by atoms with Crippen molar-refractivity contribution in [1.29, 1.82) is 0 Å². The van der Waals surface area contributed by atoms with Crippen LogP contribution in [-0.2, 0) is 11.2 Å². The van der Waals surface area contributed by atoms with E-state index in [1.165, 1.54) is 11.8 Å². The molecule has 2 rings (SSSR count). The van der Waals surface area contributed by atoms with Crippen LogP contribution in [0.1, 0.15) is 31.0 Å². The molecular formula is C16H18ClNO2S. The summed E-state index contributed by atoms with van der Waals surface area (Å²) in [5.41, 5.74) is 2.85. The number of fused-ring (bicyclic) bond motifs is 1. The monoisotopic (exact) mass is 323 g/mol. The van der Waals surface area contributed by atoms with Gasteiger partial charge in [-0.15, -0.1) is 11.8 Å². The topological polar surface area (TPSA) is 50.2 Å². The van der Waals surface area contributed by atoms with Crippen molar-refractivity contribution in [2.75, 3.05) is 5.75 Å². The fourth-order valence-corrected chi connectivity index (χ4v) is 3.55. The van der Waals surface area contributed by atoms with Gasteiger partial charge in [-0.3, -0.25) is 9.78 Å². The molecule has 112 valence electrons. The molecule has 0 atom stereocenters. The molecule has 0 spiro atoms. The highest BCUT2D eigenvalue weighted by molar-refractivity contribution is 8.00. The van der Waals surface area contributed by atoms with Gasteiger partial charge in [-0.1, -0.05) is 37.1 Å². The van der Waals surface area contributed by atoms with Gasteiger partial charge in [0.2, 0.25) is 0 Å². The van der Waals surface area contributed by atoms with E-state index in [4.69, 9.17) is 16.7 Å². The quantitative estimate of drug-likeness (QED) is 0.782. The zero-order valence-electron chi connectivity index (χ0n) is 12.1. The number of aromatic nitrogens is 1. The molecule has 0 aliphatic heterocycles. The van der Waals surface area contributed by atoms with Crippen molar-refractivity contribution in [1.82, 2.24) is 4.98 Å². The molecule has 0 unspecified atom stereocenters. The number of para-hydroxylation sites is 1. The molecule has 0 amide bonds. The Hall–Kier alpha value is -1.26. The Morgan fingerprint density at radius 1 is 1.43 bits per heavy atom. The highest BCUT2D eigenvalue weighted by Gasteiger charge is 2.15. The van der Waals surface area contributed by atoms with Crippen molar-refractivity contribution < 1.29 is 9.90 Å². The molecule has 2 aromatic rings. The standard InChI is InChI=1S/C16H18ClNO2S/c1-3-4-6-11-10(2)18-15-12(7-5-8-13(15)17)16(11)21-9-14(19)20/h5,7-8H,3-4,6,9H2,1-2H3,(H,19,20). The number of aryl methyl sites for hydroxylation is 1. The second kappa shape index (κ2) is 7.14. The SMILES string of the molecule is CCCCc1c(C)nc2c(Cl)cccc2c1SCC(=O)O. The predicted octanol–water partition coefficient (Wildman–Crippen LogP) is 4.72.